The number of amides is 1. The summed E-state index contributed by atoms with van der Waals surface area (Å²) in [6.45, 7) is 2.50. The van der Waals surface area contributed by atoms with E-state index < -0.39 is 23.1 Å². The van der Waals surface area contributed by atoms with Crippen molar-refractivity contribution in [1.82, 2.24) is 4.90 Å². The van der Waals surface area contributed by atoms with Crippen LogP contribution in [0.15, 0.2) is 12.2 Å². The quantitative estimate of drug-likeness (QED) is 0.713. The van der Waals surface area contributed by atoms with E-state index in [1.165, 1.54) is 11.0 Å². The van der Waals surface area contributed by atoms with Crippen LogP contribution < -0.4 is 0 Å². The van der Waals surface area contributed by atoms with Crippen molar-refractivity contribution in [2.75, 3.05) is 20.3 Å². The molecule has 1 saturated heterocycles. The fourth-order valence-corrected chi connectivity index (χ4v) is 3.03. The normalized spacial score (nSPS) is 34.6. The Labute approximate surface area is 111 Å². The van der Waals surface area contributed by atoms with Gasteiger partial charge in [0, 0.05) is 13.7 Å². The molecule has 0 aromatic rings. The van der Waals surface area contributed by atoms with Crippen molar-refractivity contribution >= 4 is 23.5 Å². The zero-order valence-electron chi connectivity index (χ0n) is 10.4. The molecular weight excluding hydrogens is 258 g/mol. The summed E-state index contributed by atoms with van der Waals surface area (Å²) in [6.07, 6.45) is 3.31. The maximum Gasteiger partial charge on any atom is 0.410 e. The molecule has 1 fully saturated rings. The van der Waals surface area contributed by atoms with E-state index in [1.807, 2.05) is 0 Å². The topological polar surface area (TPSA) is 55.8 Å². The lowest BCUT2D eigenvalue weighted by atomic mass is 9.85. The van der Waals surface area contributed by atoms with Crippen molar-refractivity contribution in [3.05, 3.63) is 12.2 Å². The number of rotatable bonds is 2. The van der Waals surface area contributed by atoms with Gasteiger partial charge in [-0.1, -0.05) is 0 Å². The molecule has 6 heteroatoms. The molecule has 0 spiro atoms. The Hall–Kier alpha value is -1.07. The van der Waals surface area contributed by atoms with Gasteiger partial charge in [0.05, 0.1) is 12.6 Å². The van der Waals surface area contributed by atoms with Crippen LogP contribution in [0.2, 0.25) is 0 Å². The van der Waals surface area contributed by atoms with Crippen molar-refractivity contribution in [3.63, 3.8) is 0 Å². The number of methoxy groups -OCH3 is 1. The molecule has 0 unspecified atom stereocenters. The summed E-state index contributed by atoms with van der Waals surface area (Å²) in [5.74, 6) is -0.203. The average Bonchev–Trinajstić information content (AvgIpc) is 2.75. The van der Waals surface area contributed by atoms with Crippen molar-refractivity contribution in [2.24, 2.45) is 0 Å². The standard InChI is InChI=1S/C12H16ClNO4/c1-3-18-11(16)14-7-6-12(17-2)5-4-8(15)9(13)10(12)14/h4-5,9-10H,3,6-7H2,1-2H3/t9-,10+,12-/m0/s1. The largest absolute Gasteiger partial charge is 0.450 e. The van der Waals surface area contributed by atoms with Crippen molar-refractivity contribution in [1.29, 1.82) is 0 Å². The predicted molar refractivity (Wildman–Crippen MR) is 65.7 cm³/mol. The number of carbonyl (C=O) groups is 2. The Balaban J connectivity index is 2.31. The summed E-state index contributed by atoms with van der Waals surface area (Å²) >= 11 is 6.15. The Kier molecular flexibility index (Phi) is 3.64. The first-order valence-corrected chi connectivity index (χ1v) is 6.35. The summed E-state index contributed by atoms with van der Waals surface area (Å²) in [7, 11) is 1.56. The molecule has 3 atom stereocenters. The molecule has 1 aliphatic heterocycles. The van der Waals surface area contributed by atoms with Crippen LogP contribution in [-0.4, -0.2) is 54.1 Å². The third-order valence-corrected chi connectivity index (χ3v) is 3.99. The molecular formula is C12H16ClNO4. The van der Waals surface area contributed by atoms with Crippen LogP contribution in [0.3, 0.4) is 0 Å². The number of alkyl halides is 1. The molecule has 2 aliphatic rings. The van der Waals surface area contributed by atoms with Gasteiger partial charge in [0.15, 0.2) is 5.78 Å². The number of likely N-dealkylation sites (tertiary alicyclic amines) is 1. The minimum atomic E-state index is -0.790. The second-order valence-corrected chi connectivity index (χ2v) is 4.85. The van der Waals surface area contributed by atoms with E-state index in [9.17, 15) is 9.59 Å². The average molecular weight is 274 g/mol. The molecule has 18 heavy (non-hydrogen) atoms. The number of hydrogen-bond donors (Lipinski definition) is 0. The van der Waals surface area contributed by atoms with Gasteiger partial charge in [0.25, 0.3) is 0 Å². The van der Waals surface area contributed by atoms with Gasteiger partial charge in [0.2, 0.25) is 0 Å². The monoisotopic (exact) mass is 273 g/mol. The van der Waals surface area contributed by atoms with Crippen LogP contribution in [0.25, 0.3) is 0 Å². The van der Waals surface area contributed by atoms with Gasteiger partial charge in [-0.15, -0.1) is 11.6 Å². The number of halogens is 1. The number of ketones is 1. The predicted octanol–water partition coefficient (Wildman–Crippen LogP) is 1.35. The molecule has 2 rings (SSSR count). The Morgan fingerprint density at radius 2 is 2.39 bits per heavy atom. The van der Waals surface area contributed by atoms with E-state index in [2.05, 4.69) is 0 Å². The van der Waals surface area contributed by atoms with E-state index >= 15 is 0 Å². The van der Waals surface area contributed by atoms with Crippen molar-refractivity contribution in [3.8, 4) is 0 Å². The van der Waals surface area contributed by atoms with Gasteiger partial charge in [0.1, 0.15) is 11.0 Å². The number of hydrogen-bond acceptors (Lipinski definition) is 4. The van der Waals surface area contributed by atoms with E-state index in [-0.39, 0.29) is 5.78 Å². The number of carbonyl (C=O) groups excluding carboxylic acids is 2. The highest BCUT2D eigenvalue weighted by Gasteiger charge is 2.55. The van der Waals surface area contributed by atoms with Gasteiger partial charge >= 0.3 is 6.09 Å². The highest BCUT2D eigenvalue weighted by molar-refractivity contribution is 6.34. The number of allylic oxidation sites excluding steroid dienone is 1. The van der Waals surface area contributed by atoms with Gasteiger partial charge in [-0.2, -0.15) is 0 Å². The molecule has 0 saturated carbocycles. The van der Waals surface area contributed by atoms with Crippen LogP contribution in [0, 0.1) is 0 Å². The van der Waals surface area contributed by atoms with E-state index in [1.54, 1.807) is 20.1 Å². The van der Waals surface area contributed by atoms with E-state index in [0.717, 1.165) is 0 Å². The fourth-order valence-electron chi connectivity index (χ4n) is 2.61. The third-order valence-electron chi connectivity index (χ3n) is 3.54. The van der Waals surface area contributed by atoms with E-state index in [4.69, 9.17) is 21.1 Å². The lowest BCUT2D eigenvalue weighted by Crippen LogP contribution is -2.56. The van der Waals surface area contributed by atoms with Gasteiger partial charge in [-0.05, 0) is 25.5 Å². The first kappa shape index (κ1) is 13.4. The van der Waals surface area contributed by atoms with Gasteiger partial charge in [-0.3, -0.25) is 9.69 Å². The summed E-state index contributed by atoms with van der Waals surface area (Å²) in [4.78, 5) is 25.0. The lowest BCUT2D eigenvalue weighted by molar-refractivity contribution is -0.118. The maximum absolute atomic E-state index is 11.9. The van der Waals surface area contributed by atoms with Crippen molar-refractivity contribution < 1.29 is 19.1 Å². The molecule has 1 amide bonds. The molecule has 1 heterocycles. The lowest BCUT2D eigenvalue weighted by Gasteiger charge is -2.38. The number of ether oxygens (including phenoxy) is 2. The molecule has 0 radical (unpaired) electrons. The van der Waals surface area contributed by atoms with Gasteiger partial charge < -0.3 is 9.47 Å². The molecule has 5 nitrogen and oxygen atoms in total. The highest BCUT2D eigenvalue weighted by Crippen LogP contribution is 2.40. The Bertz CT molecular complexity index is 398. The smallest absolute Gasteiger partial charge is 0.410 e. The van der Waals surface area contributed by atoms with Crippen LogP contribution in [-0.2, 0) is 14.3 Å². The molecule has 0 aromatic carbocycles. The van der Waals surface area contributed by atoms with Crippen LogP contribution >= 0.6 is 11.6 Å². The zero-order chi connectivity index (χ0) is 13.3. The number of nitrogens with zero attached hydrogens (tertiary/aromatic N) is 1. The summed E-state index contributed by atoms with van der Waals surface area (Å²) in [6, 6.07) is -0.499. The Morgan fingerprint density at radius 3 is 3.00 bits per heavy atom. The first-order valence-electron chi connectivity index (χ1n) is 5.91. The summed E-state index contributed by atoms with van der Waals surface area (Å²) < 4.78 is 10.5. The summed E-state index contributed by atoms with van der Waals surface area (Å²) in [5, 5.41) is -0.790. The second kappa shape index (κ2) is 4.90. The third kappa shape index (κ3) is 1.91. The maximum atomic E-state index is 11.9. The molecule has 0 aromatic heterocycles. The van der Waals surface area contributed by atoms with Crippen LogP contribution in [0.1, 0.15) is 13.3 Å². The molecule has 0 bridgehead atoms. The highest BCUT2D eigenvalue weighted by atomic mass is 35.5. The molecule has 100 valence electrons. The zero-order valence-corrected chi connectivity index (χ0v) is 11.1. The number of fused-ring (bicyclic) bond motifs is 1. The minimum absolute atomic E-state index is 0.203. The first-order chi connectivity index (χ1) is 8.55. The van der Waals surface area contributed by atoms with E-state index in [0.29, 0.717) is 19.6 Å². The van der Waals surface area contributed by atoms with Crippen LogP contribution in [0.4, 0.5) is 4.79 Å². The summed E-state index contributed by atoms with van der Waals surface area (Å²) in [5.41, 5.74) is -0.674. The van der Waals surface area contributed by atoms with Crippen molar-refractivity contribution in [2.45, 2.75) is 30.4 Å². The fraction of sp³-hybridized carbons (Fsp3) is 0.667. The Morgan fingerprint density at radius 1 is 1.67 bits per heavy atom. The molecule has 1 aliphatic carbocycles. The van der Waals surface area contributed by atoms with Crippen LogP contribution in [0.5, 0.6) is 0 Å². The van der Waals surface area contributed by atoms with Gasteiger partial charge in [-0.25, -0.2) is 4.79 Å². The molecule has 0 N–H and O–H groups in total. The SMILES string of the molecule is CCOC(=O)N1CC[C@@]2(OC)C=CC(=O)[C@H](Cl)[C@@H]12. The second-order valence-electron chi connectivity index (χ2n) is 4.38. The minimum Gasteiger partial charge on any atom is -0.450 e.